The van der Waals surface area contributed by atoms with E-state index in [-0.39, 0.29) is 0 Å². The normalized spacial score (nSPS) is 12.8. The highest BCUT2D eigenvalue weighted by Gasteiger charge is 2.02. The Bertz CT molecular complexity index is 723. The molecule has 0 bridgehead atoms. The molecule has 0 aliphatic carbocycles. The average molecular weight is 258 g/mol. The molecule has 3 rings (SSSR count). The van der Waals surface area contributed by atoms with Gasteiger partial charge in [-0.05, 0) is 27.8 Å². The van der Waals surface area contributed by atoms with Gasteiger partial charge in [-0.2, -0.15) is 0 Å². The van der Waals surface area contributed by atoms with Crippen molar-refractivity contribution in [1.29, 1.82) is 0 Å². The summed E-state index contributed by atoms with van der Waals surface area (Å²) in [5.74, 6) is 0.416. The van der Waals surface area contributed by atoms with Gasteiger partial charge in [0.2, 0.25) is 0 Å². The van der Waals surface area contributed by atoms with Crippen molar-refractivity contribution in [3.05, 3.63) is 90.0 Å². The van der Waals surface area contributed by atoms with Crippen LogP contribution >= 0.6 is 0 Å². The molecule has 0 spiro atoms. The Morgan fingerprint density at radius 1 is 0.750 bits per heavy atom. The average Bonchev–Trinajstić information content (AvgIpc) is 2.53. The zero-order valence-electron chi connectivity index (χ0n) is 11.7. The summed E-state index contributed by atoms with van der Waals surface area (Å²) in [6, 6.07) is 25.7. The largest absolute Gasteiger partial charge is 0.0767 e. The zero-order valence-corrected chi connectivity index (χ0v) is 11.7. The second-order valence-electron chi connectivity index (χ2n) is 5.17. The lowest BCUT2D eigenvalue weighted by Gasteiger charge is -2.08. The van der Waals surface area contributed by atoms with E-state index in [2.05, 4.69) is 85.8 Å². The number of fused-ring (bicyclic) bond motifs is 1. The van der Waals surface area contributed by atoms with Crippen molar-refractivity contribution >= 4 is 16.8 Å². The first kappa shape index (κ1) is 12.7. The molecule has 0 saturated carbocycles. The van der Waals surface area contributed by atoms with Gasteiger partial charge in [0, 0.05) is 0 Å². The molecule has 20 heavy (non-hydrogen) atoms. The van der Waals surface area contributed by atoms with E-state index in [9.17, 15) is 0 Å². The van der Waals surface area contributed by atoms with Crippen molar-refractivity contribution in [3.8, 4) is 0 Å². The number of hydrogen-bond donors (Lipinski definition) is 0. The monoisotopic (exact) mass is 258 g/mol. The molecule has 0 fully saturated rings. The maximum Gasteiger partial charge on any atom is -0.000688 e. The van der Waals surface area contributed by atoms with Gasteiger partial charge in [-0.15, -0.1) is 0 Å². The van der Waals surface area contributed by atoms with Gasteiger partial charge in [0.05, 0.1) is 0 Å². The van der Waals surface area contributed by atoms with Crippen molar-refractivity contribution in [3.63, 3.8) is 0 Å². The molecule has 1 atom stereocenters. The summed E-state index contributed by atoms with van der Waals surface area (Å²) in [5.41, 5.74) is 2.61. The van der Waals surface area contributed by atoms with Crippen LogP contribution in [0.5, 0.6) is 0 Å². The Hall–Kier alpha value is -2.34. The highest BCUT2D eigenvalue weighted by molar-refractivity contribution is 5.83. The standard InChI is InChI=1S/C20H18/c1-16(11-12-17-7-3-2-4-8-17)19-14-13-18-9-5-6-10-20(18)15-19/h2-16H,1H3/b12-11+/t16-/m1/s1. The topological polar surface area (TPSA) is 0 Å². The predicted molar refractivity (Wildman–Crippen MR) is 87.8 cm³/mol. The van der Waals surface area contributed by atoms with Crippen LogP contribution in [0.1, 0.15) is 24.0 Å². The molecule has 98 valence electrons. The third-order valence-corrected chi connectivity index (χ3v) is 3.68. The predicted octanol–water partition coefficient (Wildman–Crippen LogP) is 5.66. The van der Waals surface area contributed by atoms with Gasteiger partial charge in [0.15, 0.2) is 0 Å². The highest BCUT2D eigenvalue weighted by atomic mass is 14.1. The lowest BCUT2D eigenvalue weighted by atomic mass is 9.97. The van der Waals surface area contributed by atoms with Gasteiger partial charge in [-0.3, -0.25) is 0 Å². The second kappa shape index (κ2) is 5.75. The van der Waals surface area contributed by atoms with E-state index in [0.717, 1.165) is 0 Å². The van der Waals surface area contributed by atoms with Crippen molar-refractivity contribution in [1.82, 2.24) is 0 Å². The molecule has 0 saturated heterocycles. The van der Waals surface area contributed by atoms with Crippen molar-refractivity contribution < 1.29 is 0 Å². The van der Waals surface area contributed by atoms with Crippen LogP contribution in [0.2, 0.25) is 0 Å². The Kier molecular flexibility index (Phi) is 3.64. The van der Waals surface area contributed by atoms with Gasteiger partial charge in [0.1, 0.15) is 0 Å². The Morgan fingerprint density at radius 3 is 2.25 bits per heavy atom. The lowest BCUT2D eigenvalue weighted by Crippen LogP contribution is -1.89. The van der Waals surface area contributed by atoms with E-state index in [1.165, 1.54) is 21.9 Å². The SMILES string of the molecule is C[C@H](/C=C/c1ccccc1)c1ccc2ccccc2c1. The fourth-order valence-corrected chi connectivity index (χ4v) is 2.42. The first-order valence-corrected chi connectivity index (χ1v) is 7.05. The fraction of sp³-hybridized carbons (Fsp3) is 0.100. The van der Waals surface area contributed by atoms with E-state index in [1.54, 1.807) is 0 Å². The Balaban J connectivity index is 1.85. The molecule has 0 heterocycles. The smallest absolute Gasteiger partial charge is 0.000688 e. The maximum absolute atomic E-state index is 2.29. The molecule has 0 N–H and O–H groups in total. The quantitative estimate of drug-likeness (QED) is 0.569. The molecular formula is C20H18. The minimum atomic E-state index is 0.416. The van der Waals surface area contributed by atoms with E-state index >= 15 is 0 Å². The molecule has 0 radical (unpaired) electrons. The summed E-state index contributed by atoms with van der Waals surface area (Å²) in [6.45, 7) is 2.24. The Labute approximate surface area is 120 Å². The van der Waals surface area contributed by atoms with Gasteiger partial charge in [0.25, 0.3) is 0 Å². The first-order chi connectivity index (χ1) is 9.83. The molecule has 3 aromatic carbocycles. The van der Waals surface area contributed by atoms with Crippen LogP contribution in [-0.2, 0) is 0 Å². The highest BCUT2D eigenvalue weighted by Crippen LogP contribution is 2.23. The fourth-order valence-electron chi connectivity index (χ4n) is 2.42. The van der Waals surface area contributed by atoms with Crippen LogP contribution in [0.3, 0.4) is 0 Å². The summed E-state index contributed by atoms with van der Waals surface area (Å²) >= 11 is 0. The van der Waals surface area contributed by atoms with E-state index in [1.807, 2.05) is 6.07 Å². The van der Waals surface area contributed by atoms with Crippen LogP contribution in [0.4, 0.5) is 0 Å². The van der Waals surface area contributed by atoms with E-state index in [4.69, 9.17) is 0 Å². The number of allylic oxidation sites excluding steroid dienone is 1. The molecule has 0 aliphatic rings. The summed E-state index contributed by atoms with van der Waals surface area (Å²) in [7, 11) is 0. The third-order valence-electron chi connectivity index (χ3n) is 3.68. The minimum Gasteiger partial charge on any atom is -0.0767 e. The van der Waals surface area contributed by atoms with E-state index < -0.39 is 0 Å². The third kappa shape index (κ3) is 2.80. The van der Waals surface area contributed by atoms with Gasteiger partial charge < -0.3 is 0 Å². The second-order valence-corrected chi connectivity index (χ2v) is 5.17. The Morgan fingerprint density at radius 2 is 1.45 bits per heavy atom. The number of rotatable bonds is 3. The lowest BCUT2D eigenvalue weighted by molar-refractivity contribution is 0.976. The summed E-state index contributed by atoms with van der Waals surface area (Å²) in [5, 5.41) is 2.61. The van der Waals surface area contributed by atoms with Crippen molar-refractivity contribution in [2.45, 2.75) is 12.8 Å². The molecular weight excluding hydrogens is 240 g/mol. The number of benzene rings is 3. The molecule has 0 heteroatoms. The molecule has 0 nitrogen and oxygen atoms in total. The van der Waals surface area contributed by atoms with Gasteiger partial charge in [-0.25, -0.2) is 0 Å². The van der Waals surface area contributed by atoms with Crippen LogP contribution in [0, 0.1) is 0 Å². The van der Waals surface area contributed by atoms with Crippen LogP contribution < -0.4 is 0 Å². The minimum absolute atomic E-state index is 0.416. The molecule has 0 amide bonds. The molecule has 0 aromatic heterocycles. The van der Waals surface area contributed by atoms with Crippen molar-refractivity contribution in [2.75, 3.05) is 0 Å². The summed E-state index contributed by atoms with van der Waals surface area (Å²) in [6.07, 6.45) is 4.46. The molecule has 0 aliphatic heterocycles. The number of hydrogen-bond acceptors (Lipinski definition) is 0. The maximum atomic E-state index is 2.29. The van der Waals surface area contributed by atoms with Gasteiger partial charge in [-0.1, -0.05) is 91.9 Å². The van der Waals surface area contributed by atoms with E-state index in [0.29, 0.717) is 5.92 Å². The summed E-state index contributed by atoms with van der Waals surface area (Å²) < 4.78 is 0. The van der Waals surface area contributed by atoms with Crippen LogP contribution in [0.25, 0.3) is 16.8 Å². The van der Waals surface area contributed by atoms with Crippen molar-refractivity contribution in [2.24, 2.45) is 0 Å². The first-order valence-electron chi connectivity index (χ1n) is 7.05. The van der Waals surface area contributed by atoms with Gasteiger partial charge >= 0.3 is 0 Å². The summed E-state index contributed by atoms with van der Waals surface area (Å²) in [4.78, 5) is 0. The van der Waals surface area contributed by atoms with Crippen LogP contribution in [0.15, 0.2) is 78.9 Å². The molecule has 3 aromatic rings. The zero-order chi connectivity index (χ0) is 13.8. The molecule has 0 unspecified atom stereocenters. The van der Waals surface area contributed by atoms with Crippen LogP contribution in [-0.4, -0.2) is 0 Å².